The first-order valence-electron chi connectivity index (χ1n) is 8.08. The molecule has 31 heavy (non-hydrogen) atoms. The Bertz CT molecular complexity index is 1130. The molecule has 0 radical (unpaired) electrons. The van der Waals surface area contributed by atoms with Gasteiger partial charge in [0.1, 0.15) is 6.10 Å². The van der Waals surface area contributed by atoms with Gasteiger partial charge in [0.25, 0.3) is 5.56 Å². The van der Waals surface area contributed by atoms with E-state index in [9.17, 15) is 32.6 Å². The van der Waals surface area contributed by atoms with Crippen molar-refractivity contribution in [2.75, 3.05) is 13.2 Å². The van der Waals surface area contributed by atoms with E-state index in [2.05, 4.69) is 13.1 Å². The highest BCUT2D eigenvalue weighted by molar-refractivity contribution is 7.66. The summed E-state index contributed by atoms with van der Waals surface area (Å²) in [6, 6.07) is 0. The number of aryl methyl sites for hydroxylation is 1. The second kappa shape index (κ2) is 8.06. The first-order chi connectivity index (χ1) is 14.0. The molecule has 1 aromatic heterocycles. The lowest BCUT2D eigenvalue weighted by molar-refractivity contribution is -0.185. The highest BCUT2D eigenvalue weighted by atomic mass is 31.3. The van der Waals surface area contributed by atoms with Gasteiger partial charge >= 0.3 is 29.2 Å². The van der Waals surface area contributed by atoms with E-state index in [-0.39, 0.29) is 5.56 Å². The van der Waals surface area contributed by atoms with Crippen LogP contribution in [0.3, 0.4) is 0 Å². The Hall–Kier alpha value is -1.06. The summed E-state index contributed by atoms with van der Waals surface area (Å²) in [6.07, 6.45) is -3.67. The average Bonchev–Trinajstić information content (AvgIpc) is 3.03. The fourth-order valence-corrected chi connectivity index (χ4v) is 6.05. The van der Waals surface area contributed by atoms with Gasteiger partial charge in [-0.3, -0.25) is 18.9 Å². The SMILES string of the molecule is Cc1cn([C@@H]2O[C@@]3(COP(=O)(O)OP(=O)(O)OP(=O)(O)O)CO[C@@H]2[C@@H]3F)c(=O)[nH]c1=O. The summed E-state index contributed by atoms with van der Waals surface area (Å²) in [6.45, 7) is -0.231. The van der Waals surface area contributed by atoms with Gasteiger partial charge in [0, 0.05) is 11.8 Å². The summed E-state index contributed by atoms with van der Waals surface area (Å²) in [5, 5.41) is 0. The monoisotopic (exact) mass is 512 g/mol. The first kappa shape index (κ1) is 24.6. The smallest absolute Gasteiger partial charge is 0.367 e. The zero-order chi connectivity index (χ0) is 23.4. The molecular weight excluding hydrogens is 496 g/mol. The molecule has 6 atom stereocenters. The summed E-state index contributed by atoms with van der Waals surface area (Å²) in [4.78, 5) is 61.2. The average molecular weight is 512 g/mol. The summed E-state index contributed by atoms with van der Waals surface area (Å²) in [5.74, 6) is 0. The van der Waals surface area contributed by atoms with Gasteiger partial charge in [0.15, 0.2) is 18.0 Å². The number of phosphoric ester groups is 1. The Morgan fingerprint density at radius 3 is 2.48 bits per heavy atom. The van der Waals surface area contributed by atoms with Crippen LogP contribution in [0.1, 0.15) is 11.8 Å². The van der Waals surface area contributed by atoms with Crippen LogP contribution in [0.4, 0.5) is 4.39 Å². The molecule has 2 unspecified atom stereocenters. The highest BCUT2D eigenvalue weighted by Gasteiger charge is 2.64. The molecule has 2 aliphatic rings. The Balaban J connectivity index is 1.75. The first-order valence-corrected chi connectivity index (χ1v) is 12.6. The summed E-state index contributed by atoms with van der Waals surface area (Å²) in [5.41, 5.74) is -3.57. The molecule has 0 amide bonds. The van der Waals surface area contributed by atoms with Crippen molar-refractivity contribution in [1.29, 1.82) is 0 Å². The lowest BCUT2D eigenvalue weighted by Crippen LogP contribution is -2.44. The minimum atomic E-state index is -5.76. The summed E-state index contributed by atoms with van der Waals surface area (Å²) < 4.78 is 71.8. The normalized spacial score (nSPS) is 32.0. The van der Waals surface area contributed by atoms with Crippen molar-refractivity contribution in [2.24, 2.45) is 0 Å². The van der Waals surface area contributed by atoms with Crippen molar-refractivity contribution in [1.82, 2.24) is 9.55 Å². The third-order valence-corrected chi connectivity index (χ3v) is 8.04. The Labute approximate surface area is 171 Å². The number of phosphoric acid groups is 3. The number of aromatic nitrogens is 2. The maximum absolute atomic E-state index is 14.8. The van der Waals surface area contributed by atoms with Crippen LogP contribution in [0.15, 0.2) is 15.8 Å². The molecule has 2 bridgehead atoms. The van der Waals surface area contributed by atoms with E-state index in [1.807, 2.05) is 4.98 Å². The van der Waals surface area contributed by atoms with Gasteiger partial charge in [-0.15, -0.1) is 0 Å². The van der Waals surface area contributed by atoms with Crippen LogP contribution < -0.4 is 11.2 Å². The summed E-state index contributed by atoms with van der Waals surface area (Å²) in [7, 11) is -16.9. The van der Waals surface area contributed by atoms with Gasteiger partial charge < -0.3 is 29.0 Å². The number of nitrogens with zero attached hydrogens (tertiary/aromatic N) is 1. The largest absolute Gasteiger partial charge is 0.490 e. The van der Waals surface area contributed by atoms with Gasteiger partial charge in [-0.05, 0) is 6.92 Å². The predicted octanol–water partition coefficient (Wildman–Crippen LogP) is -0.807. The van der Waals surface area contributed by atoms with Crippen molar-refractivity contribution < 1.29 is 60.3 Å². The van der Waals surface area contributed by atoms with E-state index in [1.165, 1.54) is 6.92 Å². The molecule has 3 rings (SSSR count). The zero-order valence-electron chi connectivity index (χ0n) is 15.3. The molecule has 2 aliphatic heterocycles. The number of rotatable bonds is 8. The van der Waals surface area contributed by atoms with Crippen molar-refractivity contribution in [2.45, 2.75) is 31.0 Å². The fourth-order valence-electron chi connectivity index (χ4n) is 2.97. The number of H-pyrrole nitrogens is 1. The number of hydrogen-bond donors (Lipinski definition) is 5. The van der Waals surface area contributed by atoms with Gasteiger partial charge in [-0.1, -0.05) is 0 Å². The Morgan fingerprint density at radius 1 is 1.23 bits per heavy atom. The summed E-state index contributed by atoms with van der Waals surface area (Å²) >= 11 is 0. The molecule has 20 heteroatoms. The van der Waals surface area contributed by atoms with Crippen LogP contribution in [0.25, 0.3) is 0 Å². The molecule has 1 aromatic rings. The number of aromatic amines is 1. The highest BCUT2D eigenvalue weighted by Crippen LogP contribution is 2.66. The third kappa shape index (κ3) is 5.30. The third-order valence-electron chi connectivity index (χ3n) is 4.26. The van der Waals surface area contributed by atoms with Crippen molar-refractivity contribution in [3.8, 4) is 0 Å². The Morgan fingerprint density at radius 2 is 1.87 bits per heavy atom. The minimum Gasteiger partial charge on any atom is -0.367 e. The van der Waals surface area contributed by atoms with E-state index in [0.717, 1.165) is 10.8 Å². The number of alkyl halides is 1. The number of nitrogens with one attached hydrogen (secondary N) is 1. The van der Waals surface area contributed by atoms with Crippen LogP contribution in [-0.4, -0.2) is 60.2 Å². The molecule has 16 nitrogen and oxygen atoms in total. The van der Waals surface area contributed by atoms with E-state index in [1.54, 1.807) is 0 Å². The molecule has 2 saturated heterocycles. The molecule has 2 fully saturated rings. The van der Waals surface area contributed by atoms with Crippen LogP contribution in [0.5, 0.6) is 0 Å². The van der Waals surface area contributed by atoms with Gasteiger partial charge in [-0.2, -0.15) is 8.62 Å². The van der Waals surface area contributed by atoms with E-state index < -0.39 is 72.0 Å². The predicted molar refractivity (Wildman–Crippen MR) is 93.4 cm³/mol. The number of ether oxygens (including phenoxy) is 2. The Kier molecular flexibility index (Phi) is 6.39. The second-order valence-electron chi connectivity index (χ2n) is 6.59. The van der Waals surface area contributed by atoms with Gasteiger partial charge in [0.05, 0.1) is 13.2 Å². The molecule has 0 spiro atoms. The van der Waals surface area contributed by atoms with E-state index in [4.69, 9.17) is 24.2 Å². The fraction of sp³-hybridized carbons (Fsp3) is 0.636. The maximum atomic E-state index is 14.8. The van der Waals surface area contributed by atoms with Gasteiger partial charge in [-0.25, -0.2) is 22.9 Å². The number of halogens is 1. The standard InChI is InChI=1S/C11H16FN2O14P3/c1-5-2-14(10(16)13-8(5)15)9-6-7(12)11(26-9,3-24-6)4-25-30(20,21)28-31(22,23)27-29(17,18)19/h2,6-7,9H,3-4H2,1H3,(H,20,21)(H,22,23)(H,13,15,16)(H2,17,18,19)/t6-,7+,9-,11-/m1/s1. The molecule has 0 aliphatic carbocycles. The van der Waals surface area contributed by atoms with Crippen molar-refractivity contribution in [3.63, 3.8) is 0 Å². The van der Waals surface area contributed by atoms with Gasteiger partial charge in [0.2, 0.25) is 0 Å². The molecule has 0 saturated carbocycles. The lowest BCUT2D eigenvalue weighted by Gasteiger charge is -2.31. The molecule has 5 N–H and O–H groups in total. The number of fused-ring (bicyclic) bond motifs is 2. The van der Waals surface area contributed by atoms with Crippen LogP contribution in [-0.2, 0) is 36.3 Å². The molecule has 3 heterocycles. The van der Waals surface area contributed by atoms with E-state index in [0.29, 0.717) is 0 Å². The molecule has 0 aromatic carbocycles. The van der Waals surface area contributed by atoms with Crippen LogP contribution >= 0.6 is 23.5 Å². The van der Waals surface area contributed by atoms with Crippen molar-refractivity contribution in [3.05, 3.63) is 32.6 Å². The topological polar surface area (TPSA) is 233 Å². The lowest BCUT2D eigenvalue weighted by atomic mass is 10.0. The quantitative estimate of drug-likeness (QED) is 0.268. The number of hydrogen-bond acceptors (Lipinski definition) is 10. The maximum Gasteiger partial charge on any atom is 0.490 e. The molecule has 176 valence electrons. The zero-order valence-corrected chi connectivity index (χ0v) is 17.9. The van der Waals surface area contributed by atoms with E-state index >= 15 is 0 Å². The van der Waals surface area contributed by atoms with Crippen LogP contribution in [0.2, 0.25) is 0 Å². The van der Waals surface area contributed by atoms with Crippen LogP contribution in [0, 0.1) is 6.92 Å². The molecular formula is C11H16FN2O14P3. The van der Waals surface area contributed by atoms with Crippen molar-refractivity contribution >= 4 is 23.5 Å². The minimum absolute atomic E-state index is 0.101. The second-order valence-corrected chi connectivity index (χ2v) is 11.0.